The molecular weight excluding hydrogens is 621 g/mol. The van der Waals surface area contributed by atoms with Crippen LogP contribution in [0.1, 0.15) is 28.3 Å². The molecule has 2 heterocycles. The van der Waals surface area contributed by atoms with Gasteiger partial charge in [0.1, 0.15) is 11.6 Å². The molecule has 0 saturated carbocycles. The van der Waals surface area contributed by atoms with Crippen molar-refractivity contribution in [1.82, 2.24) is 10.2 Å². The summed E-state index contributed by atoms with van der Waals surface area (Å²) in [6, 6.07) is 15.0. The van der Waals surface area contributed by atoms with Gasteiger partial charge in [0.05, 0.1) is 23.2 Å². The number of carbonyl (C=O) groups excluding carboxylic acids is 2. The highest BCUT2D eigenvalue weighted by atomic mass is 79.9. The molecule has 0 bridgehead atoms. The lowest BCUT2D eigenvalue weighted by atomic mass is 9.95. The van der Waals surface area contributed by atoms with E-state index in [2.05, 4.69) is 26.1 Å². The van der Waals surface area contributed by atoms with E-state index in [1.54, 1.807) is 42.5 Å². The number of carbonyl (C=O) groups is 2. The van der Waals surface area contributed by atoms with Crippen molar-refractivity contribution in [3.63, 3.8) is 0 Å². The van der Waals surface area contributed by atoms with Crippen molar-refractivity contribution < 1.29 is 28.9 Å². The van der Waals surface area contributed by atoms with E-state index >= 15 is 0 Å². The van der Waals surface area contributed by atoms with Gasteiger partial charge in [0.15, 0.2) is 15.8 Å². The number of Topliss-reactive ketones (excluding diaryl/α,β-unsaturated/α-hetero) is 1. The average molecular weight is 643 g/mol. The molecule has 1 saturated heterocycles. The predicted molar refractivity (Wildman–Crippen MR) is 154 cm³/mol. The van der Waals surface area contributed by atoms with Crippen LogP contribution in [0.4, 0.5) is 9.52 Å². The molecule has 1 unspecified atom stereocenters. The molecule has 0 aliphatic carbocycles. The van der Waals surface area contributed by atoms with Crippen LogP contribution >= 0.6 is 39.0 Å². The largest absolute Gasteiger partial charge is 0.507 e. The molecule has 3 aromatic carbocycles. The number of methoxy groups -OCH3 is 1. The molecule has 1 atom stereocenters. The van der Waals surface area contributed by atoms with Crippen molar-refractivity contribution in [3.8, 4) is 11.5 Å². The van der Waals surface area contributed by atoms with Gasteiger partial charge in [-0.25, -0.2) is 4.39 Å². The van der Waals surface area contributed by atoms with Crippen LogP contribution in [0, 0.1) is 12.7 Å². The summed E-state index contributed by atoms with van der Waals surface area (Å²) in [5.41, 5.74) is 2.46. The van der Waals surface area contributed by atoms with Gasteiger partial charge in [-0.1, -0.05) is 65.1 Å². The van der Waals surface area contributed by atoms with E-state index in [1.807, 2.05) is 6.92 Å². The fourth-order valence-electron chi connectivity index (χ4n) is 4.20. The summed E-state index contributed by atoms with van der Waals surface area (Å²) in [6.07, 6.45) is 0. The number of hydrogen-bond acceptors (Lipinski definition) is 9. The number of aliphatic hydroxyl groups is 1. The maximum Gasteiger partial charge on any atom is 0.301 e. The van der Waals surface area contributed by atoms with Gasteiger partial charge in [-0.3, -0.25) is 14.5 Å². The summed E-state index contributed by atoms with van der Waals surface area (Å²) >= 11 is 5.76. The molecule has 40 heavy (non-hydrogen) atoms. The summed E-state index contributed by atoms with van der Waals surface area (Å²) < 4.78 is 19.3. The Hall–Kier alpha value is -3.74. The Morgan fingerprint density at radius 2 is 1.82 bits per heavy atom. The number of ketones is 1. The minimum absolute atomic E-state index is 0.109. The lowest BCUT2D eigenvalue weighted by Gasteiger charge is -2.23. The zero-order chi connectivity index (χ0) is 28.6. The summed E-state index contributed by atoms with van der Waals surface area (Å²) in [5.74, 6) is -1.99. The van der Waals surface area contributed by atoms with Crippen molar-refractivity contribution in [3.05, 3.63) is 98.8 Å². The Morgan fingerprint density at radius 1 is 1.12 bits per heavy atom. The summed E-state index contributed by atoms with van der Waals surface area (Å²) in [7, 11) is 1.38. The number of nitrogens with zero attached hydrogens (tertiary/aromatic N) is 3. The van der Waals surface area contributed by atoms with Crippen LogP contribution in [0.3, 0.4) is 0 Å². The van der Waals surface area contributed by atoms with Gasteiger partial charge in [-0.15, -0.1) is 10.2 Å². The van der Waals surface area contributed by atoms with Crippen molar-refractivity contribution >= 4 is 61.6 Å². The second kappa shape index (κ2) is 11.4. The first-order valence-electron chi connectivity index (χ1n) is 11.8. The van der Waals surface area contributed by atoms with Gasteiger partial charge in [-0.2, -0.15) is 0 Å². The third-order valence-electron chi connectivity index (χ3n) is 6.23. The molecule has 0 radical (unpaired) electrons. The standard InChI is InChI=1S/C28H21BrFN3O5S2/c1-14-3-7-16(8-4-14)23(34)21-22(17-11-19(29)24(35)20(12-17)38-2)33(26(37)25(21)36)27-31-32-28(40-27)39-13-15-5-9-18(30)10-6-15/h3-12,22,34-35H,13H2,1-2H3/b23-21-. The lowest BCUT2D eigenvalue weighted by Crippen LogP contribution is -2.29. The van der Waals surface area contributed by atoms with Gasteiger partial charge < -0.3 is 14.9 Å². The molecule has 5 rings (SSSR count). The fourth-order valence-corrected chi connectivity index (χ4v) is 6.49. The van der Waals surface area contributed by atoms with Crippen molar-refractivity contribution in [2.75, 3.05) is 12.0 Å². The highest BCUT2D eigenvalue weighted by molar-refractivity contribution is 9.10. The van der Waals surface area contributed by atoms with Crippen LogP contribution in [-0.4, -0.2) is 39.2 Å². The number of thioether (sulfide) groups is 1. The topological polar surface area (TPSA) is 113 Å². The molecule has 1 aliphatic rings. The highest BCUT2D eigenvalue weighted by Gasteiger charge is 2.48. The van der Waals surface area contributed by atoms with E-state index in [-0.39, 0.29) is 38.3 Å². The molecule has 4 aromatic rings. The number of aromatic nitrogens is 2. The molecule has 1 aromatic heterocycles. The zero-order valence-electron chi connectivity index (χ0n) is 21.1. The Labute approximate surface area is 245 Å². The fraction of sp³-hybridized carbons (Fsp3) is 0.143. The van der Waals surface area contributed by atoms with E-state index in [4.69, 9.17) is 4.74 Å². The number of aromatic hydroxyl groups is 1. The van der Waals surface area contributed by atoms with E-state index < -0.39 is 17.7 Å². The van der Waals surface area contributed by atoms with Crippen molar-refractivity contribution in [1.29, 1.82) is 0 Å². The van der Waals surface area contributed by atoms with Crippen LogP contribution in [0.15, 0.2) is 75.0 Å². The second-order valence-corrected chi connectivity index (χ2v) is 11.9. The van der Waals surface area contributed by atoms with E-state index in [0.29, 0.717) is 21.2 Å². The summed E-state index contributed by atoms with van der Waals surface area (Å²) in [5, 5.41) is 30.2. The van der Waals surface area contributed by atoms with Crippen molar-refractivity contribution in [2.24, 2.45) is 0 Å². The van der Waals surface area contributed by atoms with Crippen LogP contribution in [-0.2, 0) is 15.3 Å². The van der Waals surface area contributed by atoms with Crippen LogP contribution in [0.25, 0.3) is 5.76 Å². The number of rotatable bonds is 7. The normalized spacial score (nSPS) is 16.5. The number of aryl methyl sites for hydroxylation is 1. The maximum atomic E-state index is 13.5. The molecular formula is C28H21BrFN3O5S2. The molecule has 12 heteroatoms. The maximum absolute atomic E-state index is 13.5. The molecule has 1 aliphatic heterocycles. The predicted octanol–water partition coefficient (Wildman–Crippen LogP) is 6.38. The van der Waals surface area contributed by atoms with Crippen LogP contribution < -0.4 is 9.64 Å². The molecule has 204 valence electrons. The SMILES string of the molecule is COc1cc(C2/C(=C(/O)c3ccc(C)cc3)C(=O)C(=O)N2c2nnc(SCc3ccc(F)cc3)s2)cc(Br)c1O. The van der Waals surface area contributed by atoms with Gasteiger partial charge in [0, 0.05) is 11.3 Å². The number of amides is 1. The lowest BCUT2D eigenvalue weighted by molar-refractivity contribution is -0.132. The summed E-state index contributed by atoms with van der Waals surface area (Å²) in [4.78, 5) is 28.1. The number of phenolic OH excluding ortho intramolecular Hbond substituents is 1. The molecule has 1 amide bonds. The molecule has 0 spiro atoms. The van der Waals surface area contributed by atoms with Gasteiger partial charge in [-0.05, 0) is 58.2 Å². The van der Waals surface area contributed by atoms with Crippen LogP contribution in [0.2, 0.25) is 0 Å². The van der Waals surface area contributed by atoms with Crippen LogP contribution in [0.5, 0.6) is 11.5 Å². The third kappa shape index (κ3) is 5.34. The third-order valence-corrected chi connectivity index (χ3v) is 8.96. The number of halogens is 2. The number of hydrogen-bond donors (Lipinski definition) is 2. The monoisotopic (exact) mass is 641 g/mol. The van der Waals surface area contributed by atoms with E-state index in [1.165, 1.54) is 42.0 Å². The molecule has 8 nitrogen and oxygen atoms in total. The number of phenols is 1. The van der Waals surface area contributed by atoms with Gasteiger partial charge >= 0.3 is 5.91 Å². The first-order chi connectivity index (χ1) is 19.2. The smallest absolute Gasteiger partial charge is 0.301 e. The Bertz CT molecular complexity index is 1640. The first kappa shape index (κ1) is 27.8. The molecule has 1 fully saturated rings. The quantitative estimate of drug-likeness (QED) is 0.0786. The van der Waals surface area contributed by atoms with Gasteiger partial charge in [0.25, 0.3) is 5.78 Å². The Kier molecular flexibility index (Phi) is 7.92. The second-order valence-electron chi connectivity index (χ2n) is 8.85. The average Bonchev–Trinajstić information content (AvgIpc) is 3.51. The van der Waals surface area contributed by atoms with E-state index in [9.17, 15) is 24.2 Å². The number of benzene rings is 3. The number of ether oxygens (including phenoxy) is 1. The minimum Gasteiger partial charge on any atom is -0.507 e. The zero-order valence-corrected chi connectivity index (χ0v) is 24.3. The minimum atomic E-state index is -1.09. The number of anilines is 1. The molecule has 2 N–H and O–H groups in total. The van der Waals surface area contributed by atoms with Crippen molar-refractivity contribution in [2.45, 2.75) is 23.1 Å². The Balaban J connectivity index is 1.59. The van der Waals surface area contributed by atoms with Gasteiger partial charge in [0.2, 0.25) is 5.13 Å². The van der Waals surface area contributed by atoms with E-state index in [0.717, 1.165) is 22.5 Å². The summed E-state index contributed by atoms with van der Waals surface area (Å²) in [6.45, 7) is 1.89. The highest BCUT2D eigenvalue weighted by Crippen LogP contribution is 2.47. The number of aliphatic hydroxyl groups excluding tert-OH is 1. The Morgan fingerprint density at radius 3 is 2.50 bits per heavy atom. The first-order valence-corrected chi connectivity index (χ1v) is 14.4.